The fraction of sp³-hybridized carbons (Fsp3) is 0.615. The first-order valence-electron chi connectivity index (χ1n) is 6.97. The van der Waals surface area contributed by atoms with Gasteiger partial charge in [-0.2, -0.15) is 0 Å². The van der Waals surface area contributed by atoms with Gasteiger partial charge in [-0.05, 0) is 38.2 Å². The van der Waals surface area contributed by atoms with Crippen LogP contribution < -0.4 is 4.72 Å². The lowest BCUT2D eigenvalue weighted by molar-refractivity contribution is 0.0685. The highest BCUT2D eigenvalue weighted by Gasteiger charge is 2.41. The summed E-state index contributed by atoms with van der Waals surface area (Å²) in [7, 11) is -3.83. The van der Waals surface area contributed by atoms with E-state index in [9.17, 15) is 23.4 Å². The molecule has 1 aromatic heterocycles. The van der Waals surface area contributed by atoms with Gasteiger partial charge < -0.3 is 14.8 Å². The molecule has 1 aromatic rings. The molecule has 1 heterocycles. The van der Waals surface area contributed by atoms with Crippen LogP contribution in [0.25, 0.3) is 0 Å². The molecule has 2 aliphatic rings. The average molecular weight is 314 g/mol. The molecule has 0 saturated heterocycles. The predicted molar refractivity (Wildman–Crippen MR) is 73.7 cm³/mol. The molecule has 3 N–H and O–H groups in total. The van der Waals surface area contributed by atoms with E-state index in [0.717, 1.165) is 19.3 Å². The highest BCUT2D eigenvalue weighted by atomic mass is 32.2. The fourth-order valence-electron chi connectivity index (χ4n) is 2.67. The highest BCUT2D eigenvalue weighted by molar-refractivity contribution is 7.89. The van der Waals surface area contributed by atoms with Gasteiger partial charge in [0.25, 0.3) is 0 Å². The van der Waals surface area contributed by atoms with Crippen LogP contribution in [0.4, 0.5) is 0 Å². The second kappa shape index (κ2) is 4.82. The molecular formula is C13H18N2O5S. The molecule has 0 radical (unpaired) electrons. The van der Waals surface area contributed by atoms with E-state index in [-0.39, 0.29) is 23.2 Å². The Labute approximate surface area is 122 Å². The van der Waals surface area contributed by atoms with Crippen molar-refractivity contribution < 1.29 is 23.4 Å². The molecule has 0 amide bonds. The number of aromatic nitrogens is 1. The standard InChI is InChI=1S/C13H18N2O5S/c16-8-13(4-1-5-13)14-21(19,20)10-6-11(12(17)18)15(7-10)9-2-3-9/h6-7,9,14,16H,1-5,8H2,(H,17,18). The van der Waals surface area contributed by atoms with Crippen LogP contribution in [0.2, 0.25) is 0 Å². The van der Waals surface area contributed by atoms with Crippen molar-refractivity contribution in [2.24, 2.45) is 0 Å². The number of nitrogens with one attached hydrogen (secondary N) is 1. The van der Waals surface area contributed by atoms with Crippen LogP contribution in [0.15, 0.2) is 17.2 Å². The van der Waals surface area contributed by atoms with Crippen molar-refractivity contribution in [3.05, 3.63) is 18.0 Å². The van der Waals surface area contributed by atoms with Crippen molar-refractivity contribution in [2.45, 2.75) is 48.6 Å². The van der Waals surface area contributed by atoms with Gasteiger partial charge in [-0.1, -0.05) is 0 Å². The lowest BCUT2D eigenvalue weighted by atomic mass is 9.78. The molecule has 0 bridgehead atoms. The number of hydrogen-bond donors (Lipinski definition) is 3. The third-order valence-corrected chi connectivity index (χ3v) is 5.80. The largest absolute Gasteiger partial charge is 0.477 e. The summed E-state index contributed by atoms with van der Waals surface area (Å²) >= 11 is 0. The molecular weight excluding hydrogens is 296 g/mol. The number of carboxylic acid groups (broad SMARTS) is 1. The fourth-order valence-corrected chi connectivity index (χ4v) is 4.14. The zero-order valence-corrected chi connectivity index (χ0v) is 12.3. The van der Waals surface area contributed by atoms with Crippen molar-refractivity contribution in [1.29, 1.82) is 0 Å². The summed E-state index contributed by atoms with van der Waals surface area (Å²) in [5.41, 5.74) is -0.797. The van der Waals surface area contributed by atoms with Crippen LogP contribution in [-0.4, -0.2) is 41.3 Å². The number of carboxylic acids is 1. The Morgan fingerprint density at radius 1 is 1.43 bits per heavy atom. The van der Waals surface area contributed by atoms with Crippen LogP contribution in [-0.2, 0) is 10.0 Å². The Hall–Kier alpha value is -1.38. The van der Waals surface area contributed by atoms with Crippen LogP contribution in [0.5, 0.6) is 0 Å². The van der Waals surface area contributed by atoms with E-state index in [0.29, 0.717) is 12.8 Å². The van der Waals surface area contributed by atoms with Crippen molar-refractivity contribution in [1.82, 2.24) is 9.29 Å². The first-order chi connectivity index (χ1) is 9.87. The summed E-state index contributed by atoms with van der Waals surface area (Å²) < 4.78 is 28.8. The van der Waals surface area contributed by atoms with E-state index < -0.39 is 21.5 Å². The van der Waals surface area contributed by atoms with Crippen LogP contribution in [0, 0.1) is 0 Å². The maximum Gasteiger partial charge on any atom is 0.352 e. The van der Waals surface area contributed by atoms with Gasteiger partial charge in [0.1, 0.15) is 10.6 Å². The summed E-state index contributed by atoms with van der Waals surface area (Å²) in [4.78, 5) is 11.2. The molecule has 0 aromatic carbocycles. The maximum atomic E-state index is 12.4. The van der Waals surface area contributed by atoms with Crippen molar-refractivity contribution >= 4 is 16.0 Å². The van der Waals surface area contributed by atoms with Crippen molar-refractivity contribution in [2.75, 3.05) is 6.61 Å². The van der Waals surface area contributed by atoms with E-state index in [4.69, 9.17) is 0 Å². The molecule has 3 rings (SSSR count). The summed E-state index contributed by atoms with van der Waals surface area (Å²) in [6, 6.07) is 1.27. The highest BCUT2D eigenvalue weighted by Crippen LogP contribution is 2.38. The second-order valence-corrected chi connectivity index (χ2v) is 7.58. The lowest BCUT2D eigenvalue weighted by Crippen LogP contribution is -2.55. The monoisotopic (exact) mass is 314 g/mol. The predicted octanol–water partition coefficient (Wildman–Crippen LogP) is 0.714. The number of rotatable bonds is 6. The number of aromatic carboxylic acids is 1. The number of aliphatic hydroxyl groups is 1. The molecule has 0 unspecified atom stereocenters. The number of carbonyl (C=O) groups is 1. The molecule has 2 fully saturated rings. The van der Waals surface area contributed by atoms with E-state index in [1.807, 2.05) is 0 Å². The van der Waals surface area contributed by atoms with Crippen LogP contribution in [0.1, 0.15) is 48.6 Å². The third-order valence-electron chi connectivity index (χ3n) is 4.26. The van der Waals surface area contributed by atoms with Crippen LogP contribution in [0.3, 0.4) is 0 Å². The van der Waals surface area contributed by atoms with Crippen molar-refractivity contribution in [3.63, 3.8) is 0 Å². The molecule has 116 valence electrons. The molecule has 8 heteroatoms. The van der Waals surface area contributed by atoms with Gasteiger partial charge in [-0.15, -0.1) is 0 Å². The first kappa shape index (κ1) is 14.6. The van der Waals surface area contributed by atoms with Gasteiger partial charge in [0.2, 0.25) is 10.0 Å². The molecule has 0 spiro atoms. The Balaban J connectivity index is 1.92. The van der Waals surface area contributed by atoms with E-state index in [1.54, 1.807) is 0 Å². The Morgan fingerprint density at radius 2 is 2.10 bits per heavy atom. The van der Waals surface area contributed by atoms with E-state index >= 15 is 0 Å². The van der Waals surface area contributed by atoms with E-state index in [2.05, 4.69) is 4.72 Å². The molecule has 2 aliphatic carbocycles. The minimum absolute atomic E-state index is 0.00969. The smallest absolute Gasteiger partial charge is 0.352 e. The SMILES string of the molecule is O=C(O)c1cc(S(=O)(=O)NC2(CO)CCC2)cn1C1CC1. The summed E-state index contributed by atoms with van der Waals surface area (Å²) in [6.07, 6.45) is 5.17. The zero-order valence-electron chi connectivity index (χ0n) is 11.4. The van der Waals surface area contributed by atoms with Crippen molar-refractivity contribution in [3.8, 4) is 0 Å². The number of sulfonamides is 1. The average Bonchev–Trinajstić information content (AvgIpc) is 3.11. The topological polar surface area (TPSA) is 109 Å². The van der Waals surface area contributed by atoms with Gasteiger partial charge in [0.15, 0.2) is 0 Å². The molecule has 21 heavy (non-hydrogen) atoms. The third kappa shape index (κ3) is 2.58. The Morgan fingerprint density at radius 3 is 2.52 bits per heavy atom. The van der Waals surface area contributed by atoms with Gasteiger partial charge in [0, 0.05) is 12.2 Å². The molecule has 7 nitrogen and oxygen atoms in total. The van der Waals surface area contributed by atoms with E-state index in [1.165, 1.54) is 16.8 Å². The lowest BCUT2D eigenvalue weighted by Gasteiger charge is -2.40. The van der Waals surface area contributed by atoms with Gasteiger partial charge in [0.05, 0.1) is 12.1 Å². The second-order valence-electron chi connectivity index (χ2n) is 5.90. The van der Waals surface area contributed by atoms with Gasteiger partial charge in [-0.3, -0.25) is 0 Å². The number of hydrogen-bond acceptors (Lipinski definition) is 4. The normalized spacial score (nSPS) is 21.0. The Kier molecular flexibility index (Phi) is 3.34. The summed E-state index contributed by atoms with van der Waals surface area (Å²) in [6.45, 7) is -0.249. The quantitative estimate of drug-likeness (QED) is 0.717. The first-order valence-corrected chi connectivity index (χ1v) is 8.45. The summed E-state index contributed by atoms with van der Waals surface area (Å²) in [5.74, 6) is -1.14. The minimum Gasteiger partial charge on any atom is -0.477 e. The maximum absolute atomic E-state index is 12.4. The molecule has 0 atom stereocenters. The zero-order chi connectivity index (χ0) is 15.3. The molecule has 2 saturated carbocycles. The minimum atomic E-state index is -3.83. The Bertz CT molecular complexity index is 665. The molecule has 0 aliphatic heterocycles. The number of nitrogens with zero attached hydrogens (tertiary/aromatic N) is 1. The number of aliphatic hydroxyl groups excluding tert-OH is 1. The van der Waals surface area contributed by atoms with Crippen LogP contribution >= 0.6 is 0 Å². The van der Waals surface area contributed by atoms with Gasteiger partial charge >= 0.3 is 5.97 Å². The van der Waals surface area contributed by atoms with Gasteiger partial charge in [-0.25, -0.2) is 17.9 Å². The summed E-state index contributed by atoms with van der Waals surface area (Å²) in [5, 5.41) is 18.5.